The third kappa shape index (κ3) is 2.34. The van der Waals surface area contributed by atoms with E-state index in [1.54, 1.807) is 7.05 Å². The highest BCUT2D eigenvalue weighted by molar-refractivity contribution is 5.97. The van der Waals surface area contributed by atoms with Crippen molar-refractivity contribution in [3.05, 3.63) is 11.8 Å². The molecule has 1 aliphatic rings. The van der Waals surface area contributed by atoms with Crippen LogP contribution in [0.25, 0.3) is 0 Å². The molecule has 0 spiro atoms. The molecule has 4 heteroatoms. The maximum absolute atomic E-state index is 11.1. The SMILES string of the molecule is CCCN1CC(=NC)CC=C1C(N)=O. The molecule has 0 aliphatic carbocycles. The average molecular weight is 195 g/mol. The number of amides is 1. The first-order valence-electron chi connectivity index (χ1n) is 4.88. The number of aliphatic imine (C=N–C) groups is 1. The van der Waals surface area contributed by atoms with Crippen molar-refractivity contribution >= 4 is 11.6 Å². The lowest BCUT2D eigenvalue weighted by Crippen LogP contribution is -2.38. The van der Waals surface area contributed by atoms with E-state index in [-0.39, 0.29) is 5.91 Å². The van der Waals surface area contributed by atoms with E-state index in [4.69, 9.17) is 5.73 Å². The van der Waals surface area contributed by atoms with E-state index < -0.39 is 0 Å². The van der Waals surface area contributed by atoms with E-state index in [2.05, 4.69) is 11.9 Å². The monoisotopic (exact) mass is 195 g/mol. The largest absolute Gasteiger partial charge is 0.364 e. The number of allylic oxidation sites excluding steroid dienone is 1. The van der Waals surface area contributed by atoms with Gasteiger partial charge in [0.05, 0.1) is 12.2 Å². The second-order valence-electron chi connectivity index (χ2n) is 3.37. The van der Waals surface area contributed by atoms with Crippen LogP contribution in [0.4, 0.5) is 0 Å². The zero-order chi connectivity index (χ0) is 10.6. The smallest absolute Gasteiger partial charge is 0.264 e. The molecule has 1 rings (SSSR count). The summed E-state index contributed by atoms with van der Waals surface area (Å²) in [6.45, 7) is 3.67. The van der Waals surface area contributed by atoms with Gasteiger partial charge in [0.1, 0.15) is 0 Å². The molecule has 0 bridgehead atoms. The minimum absolute atomic E-state index is 0.339. The molecule has 0 atom stereocenters. The first-order chi connectivity index (χ1) is 6.69. The fraction of sp³-hybridized carbons (Fsp3) is 0.600. The number of carbonyl (C=O) groups is 1. The number of nitrogens with two attached hydrogens (primary N) is 1. The van der Waals surface area contributed by atoms with Crippen LogP contribution in [0.2, 0.25) is 0 Å². The van der Waals surface area contributed by atoms with Gasteiger partial charge in [0.2, 0.25) is 0 Å². The lowest BCUT2D eigenvalue weighted by molar-refractivity contribution is -0.116. The molecule has 1 amide bonds. The van der Waals surface area contributed by atoms with Crippen molar-refractivity contribution in [2.24, 2.45) is 10.7 Å². The van der Waals surface area contributed by atoms with Gasteiger partial charge < -0.3 is 10.6 Å². The summed E-state index contributed by atoms with van der Waals surface area (Å²) in [4.78, 5) is 17.3. The molecule has 0 aromatic carbocycles. The molecule has 0 saturated heterocycles. The van der Waals surface area contributed by atoms with Gasteiger partial charge in [-0.15, -0.1) is 0 Å². The van der Waals surface area contributed by atoms with Crippen LogP contribution in [-0.4, -0.2) is 36.7 Å². The second kappa shape index (κ2) is 4.79. The van der Waals surface area contributed by atoms with Crippen LogP contribution in [0.1, 0.15) is 19.8 Å². The van der Waals surface area contributed by atoms with Crippen LogP contribution in [0.3, 0.4) is 0 Å². The van der Waals surface area contributed by atoms with Gasteiger partial charge >= 0.3 is 0 Å². The third-order valence-electron chi connectivity index (χ3n) is 2.31. The molecular formula is C10H17N3O. The molecule has 1 aliphatic heterocycles. The van der Waals surface area contributed by atoms with Crippen LogP contribution in [0.15, 0.2) is 16.8 Å². The first-order valence-corrected chi connectivity index (χ1v) is 4.88. The summed E-state index contributed by atoms with van der Waals surface area (Å²) in [5, 5.41) is 0. The topological polar surface area (TPSA) is 58.7 Å². The van der Waals surface area contributed by atoms with Crippen molar-refractivity contribution in [2.45, 2.75) is 19.8 Å². The van der Waals surface area contributed by atoms with Crippen molar-refractivity contribution in [3.8, 4) is 0 Å². The summed E-state index contributed by atoms with van der Waals surface area (Å²) in [7, 11) is 1.78. The molecular weight excluding hydrogens is 178 g/mol. The summed E-state index contributed by atoms with van der Waals surface area (Å²) in [6.07, 6.45) is 3.61. The van der Waals surface area contributed by atoms with Crippen molar-refractivity contribution in [2.75, 3.05) is 20.1 Å². The van der Waals surface area contributed by atoms with Crippen LogP contribution in [0, 0.1) is 0 Å². The van der Waals surface area contributed by atoms with Crippen molar-refractivity contribution in [1.82, 2.24) is 4.90 Å². The molecule has 0 saturated carbocycles. The highest BCUT2D eigenvalue weighted by Crippen LogP contribution is 2.13. The van der Waals surface area contributed by atoms with Crippen LogP contribution >= 0.6 is 0 Å². The zero-order valence-corrected chi connectivity index (χ0v) is 8.79. The Kier molecular flexibility index (Phi) is 3.68. The van der Waals surface area contributed by atoms with Gasteiger partial charge in [-0.05, 0) is 12.5 Å². The average Bonchev–Trinajstić information content (AvgIpc) is 2.17. The molecule has 0 unspecified atom stereocenters. The summed E-state index contributed by atoms with van der Waals surface area (Å²) in [6, 6.07) is 0. The lowest BCUT2D eigenvalue weighted by atomic mass is 10.1. The number of rotatable bonds is 3. The van der Waals surface area contributed by atoms with E-state index in [1.807, 2.05) is 11.0 Å². The summed E-state index contributed by atoms with van der Waals surface area (Å²) in [5.74, 6) is -0.339. The number of nitrogens with zero attached hydrogens (tertiary/aromatic N) is 2. The Balaban J connectivity index is 2.81. The Hall–Kier alpha value is -1.32. The Morgan fingerprint density at radius 2 is 2.43 bits per heavy atom. The van der Waals surface area contributed by atoms with Gasteiger partial charge in [0.15, 0.2) is 0 Å². The number of carbonyl (C=O) groups excluding carboxylic acids is 1. The van der Waals surface area contributed by atoms with Gasteiger partial charge in [0, 0.05) is 25.7 Å². The van der Waals surface area contributed by atoms with Crippen LogP contribution in [-0.2, 0) is 4.79 Å². The summed E-state index contributed by atoms with van der Waals surface area (Å²) < 4.78 is 0. The fourth-order valence-corrected chi connectivity index (χ4v) is 1.60. The standard InChI is InChI=1S/C10H17N3O/c1-3-6-13-7-8(12-2)4-5-9(13)10(11)14/h5H,3-4,6-7H2,1-2H3,(H2,11,14). The predicted octanol–water partition coefficient (Wildman–Crippen LogP) is 0.542. The Bertz CT molecular complexity index is 281. The normalized spacial score (nSPS) is 19.7. The maximum atomic E-state index is 11.1. The van der Waals surface area contributed by atoms with Crippen molar-refractivity contribution < 1.29 is 4.79 Å². The first kappa shape index (κ1) is 10.8. The molecule has 1 heterocycles. The molecule has 4 nitrogen and oxygen atoms in total. The van der Waals surface area contributed by atoms with Gasteiger partial charge in [-0.25, -0.2) is 0 Å². The van der Waals surface area contributed by atoms with Crippen molar-refractivity contribution in [3.63, 3.8) is 0 Å². The van der Waals surface area contributed by atoms with Crippen LogP contribution in [0.5, 0.6) is 0 Å². The van der Waals surface area contributed by atoms with Gasteiger partial charge in [-0.3, -0.25) is 9.79 Å². The minimum atomic E-state index is -0.339. The van der Waals surface area contributed by atoms with E-state index >= 15 is 0 Å². The quantitative estimate of drug-likeness (QED) is 0.714. The predicted molar refractivity (Wildman–Crippen MR) is 57.1 cm³/mol. The van der Waals surface area contributed by atoms with E-state index in [1.165, 1.54) is 0 Å². The van der Waals surface area contributed by atoms with Crippen molar-refractivity contribution in [1.29, 1.82) is 0 Å². The Labute approximate surface area is 84.5 Å². The number of hydrogen-bond donors (Lipinski definition) is 1. The minimum Gasteiger partial charge on any atom is -0.364 e. The van der Waals surface area contributed by atoms with Gasteiger partial charge in [0.25, 0.3) is 5.91 Å². The van der Waals surface area contributed by atoms with Gasteiger partial charge in [-0.2, -0.15) is 0 Å². The molecule has 0 fully saturated rings. The van der Waals surface area contributed by atoms with Gasteiger partial charge in [-0.1, -0.05) is 6.92 Å². The Morgan fingerprint density at radius 3 is 2.93 bits per heavy atom. The van der Waals surface area contributed by atoms with E-state index in [0.29, 0.717) is 5.70 Å². The highest BCUT2D eigenvalue weighted by atomic mass is 16.1. The highest BCUT2D eigenvalue weighted by Gasteiger charge is 2.19. The Morgan fingerprint density at radius 1 is 1.71 bits per heavy atom. The lowest BCUT2D eigenvalue weighted by Gasteiger charge is -2.29. The molecule has 0 aromatic rings. The molecule has 0 radical (unpaired) electrons. The second-order valence-corrected chi connectivity index (χ2v) is 3.37. The molecule has 78 valence electrons. The summed E-state index contributed by atoms with van der Waals surface area (Å²) in [5.41, 5.74) is 7.02. The number of hydrogen-bond acceptors (Lipinski definition) is 3. The summed E-state index contributed by atoms with van der Waals surface area (Å²) >= 11 is 0. The van der Waals surface area contributed by atoms with E-state index in [9.17, 15) is 4.79 Å². The molecule has 0 aromatic heterocycles. The molecule has 2 N–H and O–H groups in total. The molecule has 14 heavy (non-hydrogen) atoms. The fourth-order valence-electron chi connectivity index (χ4n) is 1.60. The zero-order valence-electron chi connectivity index (χ0n) is 8.79. The number of primary amides is 1. The maximum Gasteiger partial charge on any atom is 0.264 e. The third-order valence-corrected chi connectivity index (χ3v) is 2.31. The van der Waals surface area contributed by atoms with E-state index in [0.717, 1.165) is 31.6 Å². The van der Waals surface area contributed by atoms with Crippen LogP contribution < -0.4 is 5.73 Å².